The monoisotopic (exact) mass is 348 g/mol. The average Bonchev–Trinajstić information content (AvgIpc) is 2.61. The molecule has 9 nitrogen and oxygen atoms in total. The lowest BCUT2D eigenvalue weighted by Crippen LogP contribution is -2.43. The van der Waals surface area contributed by atoms with Crippen molar-refractivity contribution < 1.29 is 9.66 Å². The van der Waals surface area contributed by atoms with Gasteiger partial charge in [-0.25, -0.2) is 4.79 Å². The molecule has 0 bridgehead atoms. The Hall–Kier alpha value is -3.10. The third-order valence-electron chi connectivity index (χ3n) is 4.35. The van der Waals surface area contributed by atoms with Gasteiger partial charge in [0.15, 0.2) is 0 Å². The molecule has 0 aliphatic heterocycles. The van der Waals surface area contributed by atoms with E-state index in [9.17, 15) is 19.7 Å². The molecule has 0 saturated heterocycles. The molecule has 1 aromatic heterocycles. The van der Waals surface area contributed by atoms with Crippen LogP contribution in [0, 0.1) is 10.1 Å². The fourth-order valence-corrected chi connectivity index (χ4v) is 2.88. The average molecular weight is 348 g/mol. The van der Waals surface area contributed by atoms with Gasteiger partial charge in [0.05, 0.1) is 18.6 Å². The lowest BCUT2D eigenvalue weighted by molar-refractivity contribution is -0.520. The zero-order valence-corrected chi connectivity index (χ0v) is 14.4. The van der Waals surface area contributed by atoms with Crippen LogP contribution in [0.2, 0.25) is 0 Å². The van der Waals surface area contributed by atoms with E-state index in [4.69, 9.17) is 10.5 Å². The highest BCUT2D eigenvalue weighted by Crippen LogP contribution is 2.35. The number of hydrogen-bond donors (Lipinski definition) is 1. The zero-order valence-electron chi connectivity index (χ0n) is 14.4. The van der Waals surface area contributed by atoms with E-state index in [1.54, 1.807) is 24.3 Å². The Bertz CT molecular complexity index is 931. The van der Waals surface area contributed by atoms with Crippen LogP contribution in [0.1, 0.15) is 24.0 Å². The summed E-state index contributed by atoms with van der Waals surface area (Å²) in [6.45, 7) is 1.39. The Morgan fingerprint density at radius 2 is 1.80 bits per heavy atom. The molecule has 2 atom stereocenters. The van der Waals surface area contributed by atoms with Crippen molar-refractivity contribution in [1.29, 1.82) is 0 Å². The summed E-state index contributed by atoms with van der Waals surface area (Å²) >= 11 is 0. The summed E-state index contributed by atoms with van der Waals surface area (Å²) in [6.07, 6.45) is 0. The number of nitrogens with two attached hydrogens (primary N) is 1. The van der Waals surface area contributed by atoms with Crippen LogP contribution < -0.4 is 21.7 Å². The Morgan fingerprint density at radius 1 is 1.20 bits per heavy atom. The molecule has 2 rings (SSSR count). The third-order valence-corrected chi connectivity index (χ3v) is 4.35. The predicted octanol–water partition coefficient (Wildman–Crippen LogP) is 0.472. The van der Waals surface area contributed by atoms with Crippen LogP contribution in [-0.2, 0) is 14.1 Å². The van der Waals surface area contributed by atoms with Crippen LogP contribution >= 0.6 is 0 Å². The number of nitro groups is 1. The number of nitrogens with zero attached hydrogens (tertiary/aromatic N) is 3. The number of nitrogen functional groups attached to an aromatic ring is 1. The first kappa shape index (κ1) is 18.2. The first-order chi connectivity index (χ1) is 11.7. The molecular weight excluding hydrogens is 328 g/mol. The molecule has 0 aliphatic carbocycles. The normalized spacial score (nSPS) is 13.3. The standard InChI is InChI=1S/C16H20N4O5/c1-9(20(23)24)12(10-7-5-6-8-11(10)25-4)13-14(17)18(2)16(22)19(3)15(13)21/h5-9,12H,17H2,1-4H3/t9-,12+/m0/s1. The molecule has 0 saturated carbocycles. The van der Waals surface area contributed by atoms with E-state index in [1.807, 2.05) is 0 Å². The minimum Gasteiger partial charge on any atom is -0.496 e. The summed E-state index contributed by atoms with van der Waals surface area (Å²) in [5.74, 6) is -0.675. The number of ether oxygens (including phenoxy) is 1. The van der Waals surface area contributed by atoms with E-state index >= 15 is 0 Å². The van der Waals surface area contributed by atoms with Crippen molar-refractivity contribution in [2.24, 2.45) is 14.1 Å². The summed E-state index contributed by atoms with van der Waals surface area (Å²) in [7, 11) is 4.16. The minimum atomic E-state index is -1.16. The van der Waals surface area contributed by atoms with Gasteiger partial charge in [-0.1, -0.05) is 18.2 Å². The smallest absolute Gasteiger partial charge is 0.332 e. The Labute approximate surface area is 143 Å². The summed E-state index contributed by atoms with van der Waals surface area (Å²) in [4.78, 5) is 35.8. The zero-order chi connectivity index (χ0) is 18.9. The molecule has 2 aromatic rings. The maximum Gasteiger partial charge on any atom is 0.332 e. The largest absolute Gasteiger partial charge is 0.496 e. The molecule has 2 N–H and O–H groups in total. The van der Waals surface area contributed by atoms with E-state index in [-0.39, 0.29) is 11.4 Å². The Balaban J connectivity index is 2.91. The number of hydrogen-bond acceptors (Lipinski definition) is 6. The van der Waals surface area contributed by atoms with Crippen molar-refractivity contribution in [3.63, 3.8) is 0 Å². The molecule has 0 amide bonds. The number of aromatic nitrogens is 2. The highest BCUT2D eigenvalue weighted by Gasteiger charge is 2.36. The van der Waals surface area contributed by atoms with E-state index < -0.39 is 28.1 Å². The molecule has 1 aromatic carbocycles. The fraction of sp³-hybridized carbons (Fsp3) is 0.375. The summed E-state index contributed by atoms with van der Waals surface area (Å²) in [6, 6.07) is 5.55. The fourth-order valence-electron chi connectivity index (χ4n) is 2.88. The van der Waals surface area contributed by atoms with Crippen molar-refractivity contribution in [3.8, 4) is 5.75 Å². The van der Waals surface area contributed by atoms with Crippen molar-refractivity contribution >= 4 is 5.82 Å². The van der Waals surface area contributed by atoms with E-state index in [2.05, 4.69) is 0 Å². The second-order valence-electron chi connectivity index (χ2n) is 5.75. The van der Waals surface area contributed by atoms with Gasteiger partial charge in [0, 0.05) is 31.5 Å². The van der Waals surface area contributed by atoms with E-state index in [0.29, 0.717) is 11.3 Å². The maximum atomic E-state index is 12.7. The van der Waals surface area contributed by atoms with Crippen LogP contribution in [-0.4, -0.2) is 27.2 Å². The number of methoxy groups -OCH3 is 1. The van der Waals surface area contributed by atoms with Gasteiger partial charge in [0.1, 0.15) is 11.6 Å². The molecule has 0 unspecified atom stereocenters. The first-order valence-electron chi connectivity index (χ1n) is 7.54. The van der Waals surface area contributed by atoms with E-state index in [0.717, 1.165) is 9.13 Å². The number of benzene rings is 1. The van der Waals surface area contributed by atoms with Gasteiger partial charge >= 0.3 is 5.69 Å². The summed E-state index contributed by atoms with van der Waals surface area (Å²) in [5, 5.41) is 11.5. The quantitative estimate of drug-likeness (QED) is 0.619. The lowest BCUT2D eigenvalue weighted by atomic mass is 9.86. The molecule has 134 valence electrons. The van der Waals surface area contributed by atoms with Gasteiger partial charge in [-0.05, 0) is 6.07 Å². The number of rotatable bonds is 5. The lowest BCUT2D eigenvalue weighted by Gasteiger charge is -2.23. The number of para-hydroxylation sites is 1. The van der Waals surface area contributed by atoms with Crippen molar-refractivity contribution in [2.75, 3.05) is 12.8 Å². The first-order valence-corrected chi connectivity index (χ1v) is 7.54. The predicted molar refractivity (Wildman–Crippen MR) is 92.6 cm³/mol. The molecule has 0 spiro atoms. The van der Waals surface area contributed by atoms with Gasteiger partial charge < -0.3 is 10.5 Å². The second-order valence-corrected chi connectivity index (χ2v) is 5.75. The minimum absolute atomic E-state index is 0.00157. The highest BCUT2D eigenvalue weighted by atomic mass is 16.6. The van der Waals surface area contributed by atoms with E-state index in [1.165, 1.54) is 28.1 Å². The molecule has 25 heavy (non-hydrogen) atoms. The van der Waals surface area contributed by atoms with Crippen LogP contribution in [0.3, 0.4) is 0 Å². The van der Waals surface area contributed by atoms with Crippen molar-refractivity contribution in [3.05, 3.63) is 66.3 Å². The third kappa shape index (κ3) is 3.00. The SMILES string of the molecule is COc1ccccc1[C@H](c1c(N)n(C)c(=O)n(C)c1=O)[C@H](C)[N+](=O)[O-]. The Morgan fingerprint density at radius 3 is 2.36 bits per heavy atom. The van der Waals surface area contributed by atoms with Gasteiger partial charge in [-0.15, -0.1) is 0 Å². The Kier molecular flexibility index (Phi) is 4.96. The molecule has 1 heterocycles. The van der Waals surface area contributed by atoms with Crippen molar-refractivity contribution in [2.45, 2.75) is 18.9 Å². The van der Waals surface area contributed by atoms with Crippen LogP contribution in [0.25, 0.3) is 0 Å². The van der Waals surface area contributed by atoms with Gasteiger partial charge in [0.2, 0.25) is 6.04 Å². The van der Waals surface area contributed by atoms with Gasteiger partial charge in [-0.2, -0.15) is 0 Å². The topological polar surface area (TPSA) is 122 Å². The molecule has 0 aliphatic rings. The van der Waals surface area contributed by atoms with Crippen molar-refractivity contribution in [1.82, 2.24) is 9.13 Å². The summed E-state index contributed by atoms with van der Waals surface area (Å²) in [5.41, 5.74) is 5.20. The molecule has 9 heteroatoms. The summed E-state index contributed by atoms with van der Waals surface area (Å²) < 4.78 is 7.29. The maximum absolute atomic E-state index is 12.7. The highest BCUT2D eigenvalue weighted by molar-refractivity contribution is 5.50. The van der Waals surface area contributed by atoms with Gasteiger partial charge in [-0.3, -0.25) is 24.0 Å². The molecule has 0 radical (unpaired) electrons. The van der Waals surface area contributed by atoms with Gasteiger partial charge in [0.25, 0.3) is 5.56 Å². The second kappa shape index (κ2) is 6.80. The number of anilines is 1. The van der Waals surface area contributed by atoms with Crippen LogP contribution in [0.5, 0.6) is 5.75 Å². The van der Waals surface area contributed by atoms with Crippen LogP contribution in [0.4, 0.5) is 5.82 Å². The molecular formula is C16H20N4O5. The van der Waals surface area contributed by atoms with Crippen LogP contribution in [0.15, 0.2) is 33.9 Å². The molecule has 0 fully saturated rings.